The van der Waals surface area contributed by atoms with E-state index in [4.69, 9.17) is 14.2 Å². The lowest BCUT2D eigenvalue weighted by Crippen LogP contribution is -2.48. The van der Waals surface area contributed by atoms with Crippen LogP contribution < -0.4 is 5.32 Å². The number of amides is 1. The topological polar surface area (TPSA) is 134 Å². The van der Waals surface area contributed by atoms with Gasteiger partial charge in [-0.2, -0.15) is 0 Å². The van der Waals surface area contributed by atoms with E-state index in [9.17, 15) is 24.5 Å². The Morgan fingerprint density at radius 1 is 1.21 bits per heavy atom. The van der Waals surface area contributed by atoms with E-state index in [1.54, 1.807) is 27.7 Å². The molecule has 1 fully saturated rings. The Labute approximate surface area is 167 Å². The van der Waals surface area contributed by atoms with Gasteiger partial charge in [0.05, 0.1) is 17.4 Å². The zero-order valence-electron chi connectivity index (χ0n) is 16.7. The molecule has 1 aromatic carbocycles. The van der Waals surface area contributed by atoms with Crippen LogP contribution in [0.2, 0.25) is 0 Å². The van der Waals surface area contributed by atoms with Crippen molar-refractivity contribution in [1.82, 2.24) is 5.32 Å². The maximum absolute atomic E-state index is 12.7. The molecule has 158 valence electrons. The minimum Gasteiger partial charge on any atom is -0.466 e. The molecule has 0 heterocycles. The summed E-state index contributed by atoms with van der Waals surface area (Å²) in [6.45, 7) is 6.60. The highest BCUT2D eigenvalue weighted by Crippen LogP contribution is 2.46. The van der Waals surface area contributed by atoms with Crippen molar-refractivity contribution in [3.8, 4) is 0 Å². The number of nitro groups is 1. The van der Waals surface area contributed by atoms with Gasteiger partial charge < -0.3 is 19.5 Å². The molecule has 10 heteroatoms. The van der Waals surface area contributed by atoms with Gasteiger partial charge in [0.2, 0.25) is 0 Å². The second kappa shape index (κ2) is 8.46. The van der Waals surface area contributed by atoms with Crippen LogP contribution in [-0.2, 0) is 30.4 Å². The molecule has 1 saturated carbocycles. The summed E-state index contributed by atoms with van der Waals surface area (Å²) in [5, 5.41) is 13.1. The number of non-ortho nitro benzene ring substituents is 1. The molecule has 2 atom stereocenters. The third-order valence-electron chi connectivity index (χ3n) is 4.14. The summed E-state index contributed by atoms with van der Waals surface area (Å²) in [7, 11) is 0. The largest absolute Gasteiger partial charge is 0.466 e. The van der Waals surface area contributed by atoms with Gasteiger partial charge in [0.15, 0.2) is 5.54 Å². The van der Waals surface area contributed by atoms with Crippen LogP contribution in [0.1, 0.15) is 39.7 Å². The molecule has 1 amide bonds. The fraction of sp³-hybridized carbons (Fsp3) is 0.526. The summed E-state index contributed by atoms with van der Waals surface area (Å²) in [6.07, 6.45) is -0.818. The third kappa shape index (κ3) is 5.66. The van der Waals surface area contributed by atoms with Crippen LogP contribution in [0.3, 0.4) is 0 Å². The van der Waals surface area contributed by atoms with Crippen molar-refractivity contribution in [3.05, 3.63) is 39.9 Å². The molecular weight excluding hydrogens is 384 g/mol. The second-order valence-electron chi connectivity index (χ2n) is 7.61. The number of carbonyl (C=O) groups is 3. The monoisotopic (exact) mass is 408 g/mol. The molecule has 1 aliphatic carbocycles. The van der Waals surface area contributed by atoms with E-state index >= 15 is 0 Å². The normalized spacial score (nSPS) is 20.3. The van der Waals surface area contributed by atoms with Crippen molar-refractivity contribution in [2.75, 3.05) is 6.61 Å². The number of hydrogen-bond donors (Lipinski definition) is 1. The number of ether oxygens (including phenoxy) is 3. The van der Waals surface area contributed by atoms with Gasteiger partial charge in [-0.1, -0.05) is 0 Å². The zero-order chi connectivity index (χ0) is 21.8. The predicted molar refractivity (Wildman–Crippen MR) is 99.7 cm³/mol. The minimum absolute atomic E-state index is 0.0319. The first-order valence-corrected chi connectivity index (χ1v) is 9.07. The van der Waals surface area contributed by atoms with Gasteiger partial charge in [-0.3, -0.25) is 14.9 Å². The summed E-state index contributed by atoms with van der Waals surface area (Å²) >= 11 is 0. The molecule has 0 radical (unpaired) electrons. The molecule has 1 N–H and O–H groups in total. The molecular formula is C19H24N2O8. The van der Waals surface area contributed by atoms with Crippen LogP contribution in [0.5, 0.6) is 0 Å². The van der Waals surface area contributed by atoms with Crippen molar-refractivity contribution >= 4 is 23.7 Å². The van der Waals surface area contributed by atoms with Crippen molar-refractivity contribution < 1.29 is 33.5 Å². The van der Waals surface area contributed by atoms with Gasteiger partial charge in [-0.05, 0) is 51.8 Å². The number of nitro benzene ring substituents is 1. The molecule has 1 aliphatic rings. The number of alkyl carbamates (subject to hydrolysis) is 1. The summed E-state index contributed by atoms with van der Waals surface area (Å²) in [6, 6.07) is 5.48. The first-order valence-electron chi connectivity index (χ1n) is 9.07. The molecule has 2 rings (SSSR count). The highest BCUT2D eigenvalue weighted by molar-refractivity contribution is 5.97. The Hall–Kier alpha value is -3.17. The smallest absolute Gasteiger partial charge is 0.408 e. The Kier molecular flexibility index (Phi) is 6.45. The third-order valence-corrected chi connectivity index (χ3v) is 4.14. The van der Waals surface area contributed by atoms with Crippen molar-refractivity contribution in [2.45, 2.75) is 51.9 Å². The number of nitrogens with zero attached hydrogens (tertiary/aromatic N) is 1. The van der Waals surface area contributed by atoms with Gasteiger partial charge in [0.25, 0.3) is 5.69 Å². The van der Waals surface area contributed by atoms with Gasteiger partial charge in [-0.25, -0.2) is 9.59 Å². The average molecular weight is 408 g/mol. The number of hydrogen-bond acceptors (Lipinski definition) is 8. The highest BCUT2D eigenvalue weighted by atomic mass is 16.6. The van der Waals surface area contributed by atoms with Crippen LogP contribution in [0.15, 0.2) is 24.3 Å². The van der Waals surface area contributed by atoms with Crippen LogP contribution >= 0.6 is 0 Å². The van der Waals surface area contributed by atoms with Crippen molar-refractivity contribution in [3.63, 3.8) is 0 Å². The average Bonchev–Trinajstić information content (AvgIpc) is 3.34. The number of benzene rings is 1. The quantitative estimate of drug-likeness (QED) is 0.315. The Bertz CT molecular complexity index is 799. The van der Waals surface area contributed by atoms with Crippen molar-refractivity contribution in [2.24, 2.45) is 5.92 Å². The highest BCUT2D eigenvalue weighted by Gasteiger charge is 2.67. The van der Waals surface area contributed by atoms with Crippen LogP contribution in [0, 0.1) is 16.0 Å². The van der Waals surface area contributed by atoms with E-state index in [2.05, 4.69) is 5.32 Å². The second-order valence-corrected chi connectivity index (χ2v) is 7.61. The van der Waals surface area contributed by atoms with E-state index in [1.165, 1.54) is 24.3 Å². The summed E-state index contributed by atoms with van der Waals surface area (Å²) in [5.74, 6) is -2.30. The molecule has 0 bridgehead atoms. The fourth-order valence-electron chi connectivity index (χ4n) is 2.68. The van der Waals surface area contributed by atoms with E-state index in [0.717, 1.165) is 0 Å². The first-order chi connectivity index (χ1) is 13.5. The van der Waals surface area contributed by atoms with Crippen LogP contribution in [0.4, 0.5) is 10.5 Å². The molecule has 0 aromatic heterocycles. The lowest BCUT2D eigenvalue weighted by molar-refractivity contribution is -0.384. The molecule has 0 unspecified atom stereocenters. The SMILES string of the molecule is CCOC(=O)[C@H]1C[C@@]1(NC(=O)OC(C)(C)C)C(=O)OCc1ccc([N+](=O)[O-])cc1. The van der Waals surface area contributed by atoms with Gasteiger partial charge >= 0.3 is 18.0 Å². The van der Waals surface area contributed by atoms with Gasteiger partial charge in [0.1, 0.15) is 12.2 Å². The van der Waals surface area contributed by atoms with E-state index in [-0.39, 0.29) is 25.3 Å². The van der Waals surface area contributed by atoms with E-state index in [0.29, 0.717) is 5.56 Å². The van der Waals surface area contributed by atoms with E-state index in [1.807, 2.05) is 0 Å². The van der Waals surface area contributed by atoms with Crippen LogP contribution in [-0.4, -0.2) is 40.7 Å². The number of esters is 2. The molecule has 0 spiro atoms. The Balaban J connectivity index is 2.08. The van der Waals surface area contributed by atoms with Crippen molar-refractivity contribution in [1.29, 1.82) is 0 Å². The molecule has 10 nitrogen and oxygen atoms in total. The first kappa shape index (κ1) is 22.1. The predicted octanol–water partition coefficient (Wildman–Crippen LogP) is 2.48. The lowest BCUT2D eigenvalue weighted by Gasteiger charge is -2.23. The zero-order valence-corrected chi connectivity index (χ0v) is 16.7. The lowest BCUT2D eigenvalue weighted by atomic mass is 10.2. The molecule has 0 saturated heterocycles. The number of nitrogens with one attached hydrogen (secondary N) is 1. The molecule has 1 aromatic rings. The fourth-order valence-corrected chi connectivity index (χ4v) is 2.68. The van der Waals surface area contributed by atoms with Gasteiger partial charge in [-0.15, -0.1) is 0 Å². The van der Waals surface area contributed by atoms with E-state index < -0.39 is 40.0 Å². The van der Waals surface area contributed by atoms with Gasteiger partial charge in [0, 0.05) is 12.1 Å². The molecule has 29 heavy (non-hydrogen) atoms. The Morgan fingerprint density at radius 2 is 1.83 bits per heavy atom. The van der Waals surface area contributed by atoms with Crippen LogP contribution in [0.25, 0.3) is 0 Å². The number of rotatable bonds is 7. The summed E-state index contributed by atoms with van der Waals surface area (Å²) in [4.78, 5) is 47.1. The summed E-state index contributed by atoms with van der Waals surface area (Å²) in [5.41, 5.74) is -1.92. The maximum Gasteiger partial charge on any atom is 0.408 e. The molecule has 0 aliphatic heterocycles. The Morgan fingerprint density at radius 3 is 2.34 bits per heavy atom. The summed E-state index contributed by atoms with van der Waals surface area (Å²) < 4.78 is 15.4. The minimum atomic E-state index is -1.56. The number of carbonyl (C=O) groups excluding carboxylic acids is 3. The standard InChI is InChI=1S/C19H24N2O8/c1-5-27-15(22)14-10-19(14,20-17(24)29-18(2,3)4)16(23)28-11-12-6-8-13(9-7-12)21(25)26/h6-9,14H,5,10-11H2,1-4H3,(H,20,24)/t14-,19+/m1/s1. The maximum atomic E-state index is 12.7.